The summed E-state index contributed by atoms with van der Waals surface area (Å²) in [5.74, 6) is 0.162. The van der Waals surface area contributed by atoms with E-state index in [-0.39, 0.29) is 28.5 Å². The minimum Gasteiger partial charge on any atom is -0.395 e. The second kappa shape index (κ2) is 7.65. The molecule has 3 aliphatic rings. The molecule has 32 heavy (non-hydrogen) atoms. The highest BCUT2D eigenvalue weighted by Gasteiger charge is 2.45. The number of aryl methyl sites for hydroxylation is 1. The summed E-state index contributed by atoms with van der Waals surface area (Å²) < 4.78 is 41.2. The maximum Gasteiger partial charge on any atom is 0.586 e. The van der Waals surface area contributed by atoms with Gasteiger partial charge in [0, 0.05) is 30.5 Å². The average Bonchev–Trinajstić information content (AvgIpc) is 3.28. The average molecular weight is 470 g/mol. The monoisotopic (exact) mass is 469 g/mol. The van der Waals surface area contributed by atoms with Crippen LogP contribution in [-0.2, 0) is 11.3 Å². The standard InChI is InChI=1S/C21H22ClF2N3O5/c1-11-17(12-2-3-14-18(16(12)22)32-21(23,24)31-14)26-13(9-28)19(25-11)27-6-4-20(5-7-27)8-15(29)30-10-20/h2-3,15,28-29H,4-10H2,1H3/t15-/m1/s1. The number of fused-ring (bicyclic) bond motifs is 1. The van der Waals surface area contributed by atoms with Gasteiger partial charge in [-0.25, -0.2) is 9.97 Å². The molecule has 2 saturated heterocycles. The van der Waals surface area contributed by atoms with Gasteiger partial charge in [0.1, 0.15) is 5.69 Å². The van der Waals surface area contributed by atoms with E-state index in [9.17, 15) is 19.0 Å². The molecule has 0 saturated carbocycles. The van der Waals surface area contributed by atoms with Crippen molar-refractivity contribution in [2.45, 2.75) is 45.4 Å². The molecular formula is C21H22ClF2N3O5. The SMILES string of the molecule is Cc1nc(N2CCC3(CC2)CO[C@@H](O)C3)c(CO)nc1-c1ccc2c(c1Cl)OC(F)(F)O2. The van der Waals surface area contributed by atoms with Gasteiger partial charge in [0.2, 0.25) is 0 Å². The van der Waals surface area contributed by atoms with Crippen molar-refractivity contribution in [3.63, 3.8) is 0 Å². The number of anilines is 1. The van der Waals surface area contributed by atoms with Gasteiger partial charge in [-0.3, -0.25) is 0 Å². The molecule has 8 nitrogen and oxygen atoms in total. The molecule has 3 aliphatic heterocycles. The molecule has 2 fully saturated rings. The summed E-state index contributed by atoms with van der Waals surface area (Å²) in [5, 5.41) is 19.7. The first-order chi connectivity index (χ1) is 15.2. The zero-order valence-corrected chi connectivity index (χ0v) is 18.0. The minimum atomic E-state index is -3.78. The molecule has 1 spiro atoms. The van der Waals surface area contributed by atoms with E-state index in [2.05, 4.69) is 24.3 Å². The Bertz CT molecular complexity index is 1060. The summed E-state index contributed by atoms with van der Waals surface area (Å²) in [6.45, 7) is 3.32. The second-order valence-corrected chi connectivity index (χ2v) is 8.84. The summed E-state index contributed by atoms with van der Waals surface area (Å²) >= 11 is 6.34. The van der Waals surface area contributed by atoms with E-state index in [1.807, 2.05) is 0 Å². The van der Waals surface area contributed by atoms with E-state index in [1.165, 1.54) is 12.1 Å². The molecule has 1 atom stereocenters. The van der Waals surface area contributed by atoms with Gasteiger partial charge in [0.05, 0.1) is 29.6 Å². The van der Waals surface area contributed by atoms with Crippen LogP contribution in [-0.4, -0.2) is 52.5 Å². The van der Waals surface area contributed by atoms with E-state index in [0.717, 1.165) is 12.8 Å². The Kier molecular flexibility index (Phi) is 5.16. The summed E-state index contributed by atoms with van der Waals surface area (Å²) in [4.78, 5) is 11.3. The number of aliphatic hydroxyl groups is 2. The Morgan fingerprint density at radius 2 is 1.97 bits per heavy atom. The third-order valence-electron chi connectivity index (χ3n) is 6.35. The zero-order valence-electron chi connectivity index (χ0n) is 17.3. The Morgan fingerprint density at radius 1 is 1.22 bits per heavy atom. The second-order valence-electron chi connectivity index (χ2n) is 8.46. The number of hydrogen-bond acceptors (Lipinski definition) is 8. The highest BCUT2D eigenvalue weighted by atomic mass is 35.5. The van der Waals surface area contributed by atoms with Gasteiger partial charge >= 0.3 is 6.29 Å². The lowest BCUT2D eigenvalue weighted by Crippen LogP contribution is -2.41. The normalized spacial score (nSPS) is 23.2. The van der Waals surface area contributed by atoms with Crippen LogP contribution in [0.2, 0.25) is 5.02 Å². The third kappa shape index (κ3) is 3.64. The van der Waals surface area contributed by atoms with Crippen molar-refractivity contribution in [1.29, 1.82) is 0 Å². The number of halogens is 3. The number of ether oxygens (including phenoxy) is 3. The molecule has 2 aromatic rings. The molecule has 172 valence electrons. The van der Waals surface area contributed by atoms with Crippen molar-refractivity contribution in [3.8, 4) is 22.8 Å². The lowest BCUT2D eigenvalue weighted by Gasteiger charge is -2.39. The van der Waals surface area contributed by atoms with E-state index >= 15 is 0 Å². The molecule has 5 rings (SSSR count). The molecule has 0 amide bonds. The van der Waals surface area contributed by atoms with Crippen molar-refractivity contribution < 1.29 is 33.2 Å². The number of piperidine rings is 1. The van der Waals surface area contributed by atoms with Crippen molar-refractivity contribution in [2.75, 3.05) is 24.6 Å². The number of nitrogens with zero attached hydrogens (tertiary/aromatic N) is 3. The molecule has 1 aromatic heterocycles. The lowest BCUT2D eigenvalue weighted by atomic mass is 9.77. The quantitative estimate of drug-likeness (QED) is 0.707. The number of aliphatic hydroxyl groups excluding tert-OH is 2. The van der Waals surface area contributed by atoms with Crippen molar-refractivity contribution >= 4 is 17.4 Å². The number of benzene rings is 1. The van der Waals surface area contributed by atoms with Crippen molar-refractivity contribution in [3.05, 3.63) is 28.5 Å². The zero-order chi connectivity index (χ0) is 22.7. The smallest absolute Gasteiger partial charge is 0.395 e. The van der Waals surface area contributed by atoms with E-state index in [0.29, 0.717) is 54.6 Å². The maximum absolute atomic E-state index is 13.4. The van der Waals surface area contributed by atoms with Gasteiger partial charge in [-0.05, 0) is 31.9 Å². The van der Waals surface area contributed by atoms with Crippen molar-refractivity contribution in [2.24, 2.45) is 5.41 Å². The van der Waals surface area contributed by atoms with Gasteiger partial charge in [0.15, 0.2) is 23.6 Å². The van der Waals surface area contributed by atoms with Crippen LogP contribution in [0, 0.1) is 12.3 Å². The number of rotatable bonds is 3. The molecule has 0 bridgehead atoms. The topological polar surface area (TPSA) is 97.2 Å². The number of hydrogen-bond donors (Lipinski definition) is 2. The molecular weight excluding hydrogens is 448 g/mol. The first-order valence-corrected chi connectivity index (χ1v) is 10.7. The molecule has 0 radical (unpaired) electrons. The fraction of sp³-hybridized carbons (Fsp3) is 0.524. The van der Waals surface area contributed by atoms with Crippen LogP contribution in [0.3, 0.4) is 0 Å². The van der Waals surface area contributed by atoms with Gasteiger partial charge < -0.3 is 29.3 Å². The van der Waals surface area contributed by atoms with Crippen molar-refractivity contribution in [1.82, 2.24) is 9.97 Å². The summed E-state index contributed by atoms with van der Waals surface area (Å²) in [6, 6.07) is 2.85. The summed E-state index contributed by atoms with van der Waals surface area (Å²) in [6.07, 6.45) is -2.20. The molecule has 11 heteroatoms. The maximum atomic E-state index is 13.4. The predicted octanol–water partition coefficient (Wildman–Crippen LogP) is 3.24. The largest absolute Gasteiger partial charge is 0.586 e. The molecule has 1 aromatic carbocycles. The Balaban J connectivity index is 1.44. The van der Waals surface area contributed by atoms with Crippen LogP contribution in [0.25, 0.3) is 11.3 Å². The molecule has 0 unspecified atom stereocenters. The molecule has 4 heterocycles. The number of aromatic nitrogens is 2. The first kappa shape index (κ1) is 21.6. The Hall–Kier alpha value is -2.27. The summed E-state index contributed by atoms with van der Waals surface area (Å²) in [7, 11) is 0. The minimum absolute atomic E-state index is 0.0280. The molecule has 2 N–H and O–H groups in total. The van der Waals surface area contributed by atoms with Crippen LogP contribution in [0.1, 0.15) is 30.7 Å². The fourth-order valence-corrected chi connectivity index (χ4v) is 4.91. The van der Waals surface area contributed by atoms with Crippen LogP contribution < -0.4 is 14.4 Å². The lowest BCUT2D eigenvalue weighted by molar-refractivity contribution is -0.286. The van der Waals surface area contributed by atoms with E-state index in [1.54, 1.807) is 6.92 Å². The highest BCUT2D eigenvalue weighted by Crippen LogP contribution is 2.49. The summed E-state index contributed by atoms with van der Waals surface area (Å²) in [5.41, 5.74) is 1.59. The van der Waals surface area contributed by atoms with E-state index in [4.69, 9.17) is 16.3 Å². The first-order valence-electron chi connectivity index (χ1n) is 10.3. The fourth-order valence-electron chi connectivity index (χ4n) is 4.62. The van der Waals surface area contributed by atoms with Gasteiger partial charge in [0.25, 0.3) is 0 Å². The van der Waals surface area contributed by atoms with Crippen LogP contribution in [0.4, 0.5) is 14.6 Å². The van der Waals surface area contributed by atoms with Crippen LogP contribution in [0.5, 0.6) is 11.5 Å². The van der Waals surface area contributed by atoms with Gasteiger partial charge in [-0.2, -0.15) is 0 Å². The Morgan fingerprint density at radius 3 is 2.62 bits per heavy atom. The number of alkyl halides is 2. The van der Waals surface area contributed by atoms with Gasteiger partial charge in [-0.15, -0.1) is 8.78 Å². The molecule has 0 aliphatic carbocycles. The highest BCUT2D eigenvalue weighted by molar-refractivity contribution is 6.35. The predicted molar refractivity (Wildman–Crippen MR) is 110 cm³/mol. The Labute approximate surface area is 187 Å². The van der Waals surface area contributed by atoms with Crippen LogP contribution >= 0.6 is 11.6 Å². The van der Waals surface area contributed by atoms with E-state index < -0.39 is 12.6 Å². The third-order valence-corrected chi connectivity index (χ3v) is 6.73. The van der Waals surface area contributed by atoms with Gasteiger partial charge in [-0.1, -0.05) is 11.6 Å². The van der Waals surface area contributed by atoms with Crippen LogP contribution in [0.15, 0.2) is 12.1 Å².